The van der Waals surface area contributed by atoms with E-state index in [-0.39, 0.29) is 0 Å². The predicted molar refractivity (Wildman–Crippen MR) is 109 cm³/mol. The highest BCUT2D eigenvalue weighted by Gasteiger charge is 2.29. The molecule has 2 aliphatic rings. The quantitative estimate of drug-likeness (QED) is 0.754. The number of benzene rings is 2. The second-order valence-electron chi connectivity index (χ2n) is 7.70. The first-order valence-corrected chi connectivity index (χ1v) is 11.0. The molecule has 26 heavy (non-hydrogen) atoms. The van der Waals surface area contributed by atoms with Gasteiger partial charge < -0.3 is 14.4 Å². The van der Waals surface area contributed by atoms with Crippen LogP contribution in [-0.2, 0) is 24.0 Å². The molecule has 2 aliphatic heterocycles. The van der Waals surface area contributed by atoms with E-state index in [9.17, 15) is 4.55 Å². The molecular weight excluding hydrogens is 340 g/mol. The molecule has 4 rings (SSSR count). The van der Waals surface area contributed by atoms with Crippen molar-refractivity contribution in [1.82, 2.24) is 4.90 Å². The van der Waals surface area contributed by atoms with Crippen LogP contribution in [0.25, 0.3) is 0 Å². The van der Waals surface area contributed by atoms with E-state index >= 15 is 0 Å². The van der Waals surface area contributed by atoms with Gasteiger partial charge in [-0.15, -0.1) is 0 Å². The molecule has 1 fully saturated rings. The van der Waals surface area contributed by atoms with E-state index in [4.69, 9.17) is 0 Å². The van der Waals surface area contributed by atoms with Crippen LogP contribution < -0.4 is 4.90 Å². The average Bonchev–Trinajstić information content (AvgIpc) is 2.95. The largest absolute Gasteiger partial charge is 0.610 e. The lowest BCUT2D eigenvalue weighted by molar-refractivity contribution is 0.186. The van der Waals surface area contributed by atoms with Gasteiger partial charge in [0, 0.05) is 24.8 Å². The molecule has 1 saturated heterocycles. The zero-order valence-electron chi connectivity index (χ0n) is 15.6. The van der Waals surface area contributed by atoms with Crippen molar-refractivity contribution in [3.8, 4) is 0 Å². The van der Waals surface area contributed by atoms with Crippen LogP contribution >= 0.6 is 0 Å². The standard InChI is InChI=1S/C22H28N2OS/c1-23-17-26(25)22-16-19(7-8-21(22)23)9-12-24-13-10-20(11-14-24)15-18-5-3-2-4-6-18/h2-8,16,20H,9-15,17H2,1H3. The highest BCUT2D eigenvalue weighted by Crippen LogP contribution is 2.33. The first kappa shape index (κ1) is 17.9. The van der Waals surface area contributed by atoms with Gasteiger partial charge in [0.05, 0.1) is 5.69 Å². The van der Waals surface area contributed by atoms with E-state index in [2.05, 4.69) is 58.3 Å². The van der Waals surface area contributed by atoms with Gasteiger partial charge in [-0.2, -0.15) is 0 Å². The molecule has 0 radical (unpaired) electrons. The molecule has 0 N–H and O–H groups in total. The number of hydrogen-bond acceptors (Lipinski definition) is 3. The van der Waals surface area contributed by atoms with Gasteiger partial charge in [-0.05, 0) is 68.0 Å². The summed E-state index contributed by atoms with van der Waals surface area (Å²) < 4.78 is 12.2. The van der Waals surface area contributed by atoms with Crippen molar-refractivity contribution in [3.05, 3.63) is 59.7 Å². The minimum Gasteiger partial charge on any atom is -0.610 e. The zero-order valence-corrected chi connectivity index (χ0v) is 16.4. The summed E-state index contributed by atoms with van der Waals surface area (Å²) in [7, 11) is 2.02. The number of rotatable bonds is 5. The Kier molecular flexibility index (Phi) is 5.53. The van der Waals surface area contributed by atoms with E-state index in [1.54, 1.807) is 0 Å². The lowest BCUT2D eigenvalue weighted by Crippen LogP contribution is -2.35. The third-order valence-electron chi connectivity index (χ3n) is 5.78. The Morgan fingerprint density at radius 3 is 2.58 bits per heavy atom. The van der Waals surface area contributed by atoms with Crippen LogP contribution in [0.4, 0.5) is 5.69 Å². The SMILES string of the molecule is CN1C[S+]([O-])c2cc(CCN3CCC(Cc4ccccc4)CC3)ccc21. The summed E-state index contributed by atoms with van der Waals surface area (Å²) in [6.07, 6.45) is 4.87. The molecule has 0 aliphatic carbocycles. The summed E-state index contributed by atoms with van der Waals surface area (Å²) in [6, 6.07) is 17.4. The number of nitrogens with zero attached hydrogens (tertiary/aromatic N) is 2. The number of anilines is 1. The van der Waals surface area contributed by atoms with Crippen molar-refractivity contribution in [2.24, 2.45) is 5.92 Å². The lowest BCUT2D eigenvalue weighted by Gasteiger charge is -2.32. The van der Waals surface area contributed by atoms with Crippen molar-refractivity contribution in [3.63, 3.8) is 0 Å². The minimum atomic E-state index is -0.858. The molecule has 138 valence electrons. The van der Waals surface area contributed by atoms with Gasteiger partial charge >= 0.3 is 0 Å². The highest BCUT2D eigenvalue weighted by atomic mass is 32.2. The van der Waals surface area contributed by atoms with Crippen LogP contribution in [0.5, 0.6) is 0 Å². The summed E-state index contributed by atoms with van der Waals surface area (Å²) >= 11 is -0.858. The normalized spacial score (nSPS) is 21.2. The van der Waals surface area contributed by atoms with Gasteiger partial charge in [0.15, 0.2) is 10.8 Å². The van der Waals surface area contributed by atoms with E-state index in [0.29, 0.717) is 5.88 Å². The Morgan fingerprint density at radius 2 is 1.81 bits per heavy atom. The van der Waals surface area contributed by atoms with Gasteiger partial charge in [0.25, 0.3) is 0 Å². The smallest absolute Gasteiger partial charge is 0.183 e. The Labute approximate surface area is 160 Å². The molecule has 2 heterocycles. The Balaban J connectivity index is 1.26. The number of fused-ring (bicyclic) bond motifs is 1. The fourth-order valence-electron chi connectivity index (χ4n) is 4.18. The Morgan fingerprint density at radius 1 is 1.04 bits per heavy atom. The van der Waals surface area contributed by atoms with Crippen LogP contribution in [0.2, 0.25) is 0 Å². The van der Waals surface area contributed by atoms with Crippen LogP contribution in [0, 0.1) is 5.92 Å². The van der Waals surface area contributed by atoms with E-state index in [1.807, 2.05) is 7.05 Å². The van der Waals surface area contributed by atoms with Gasteiger partial charge in [-0.3, -0.25) is 0 Å². The van der Waals surface area contributed by atoms with Gasteiger partial charge in [0.1, 0.15) is 0 Å². The van der Waals surface area contributed by atoms with E-state index in [1.165, 1.54) is 43.5 Å². The Bertz CT molecular complexity index is 728. The van der Waals surface area contributed by atoms with Crippen molar-refractivity contribution in [2.45, 2.75) is 30.6 Å². The number of hydrogen-bond donors (Lipinski definition) is 0. The third-order valence-corrected chi connectivity index (χ3v) is 7.22. The van der Waals surface area contributed by atoms with Crippen LogP contribution in [0.3, 0.4) is 0 Å². The molecule has 0 bridgehead atoms. The summed E-state index contributed by atoms with van der Waals surface area (Å²) in [5, 5.41) is 0. The molecule has 1 atom stereocenters. The summed E-state index contributed by atoms with van der Waals surface area (Å²) in [6.45, 7) is 3.52. The maximum absolute atomic E-state index is 12.2. The molecule has 0 spiro atoms. The predicted octanol–water partition coefficient (Wildman–Crippen LogP) is 3.70. The second-order valence-corrected chi connectivity index (χ2v) is 9.09. The number of likely N-dealkylation sites (tertiary alicyclic amines) is 1. The topological polar surface area (TPSA) is 29.5 Å². The third kappa shape index (κ3) is 4.08. The fraction of sp³-hybridized carbons (Fsp3) is 0.455. The number of piperidine rings is 1. The molecule has 4 heteroatoms. The lowest BCUT2D eigenvalue weighted by atomic mass is 9.90. The first-order valence-electron chi connectivity index (χ1n) is 9.68. The molecule has 2 aromatic carbocycles. The van der Waals surface area contributed by atoms with Crippen molar-refractivity contribution in [2.75, 3.05) is 37.5 Å². The first-order chi connectivity index (χ1) is 12.7. The van der Waals surface area contributed by atoms with Crippen LogP contribution in [0.1, 0.15) is 24.0 Å². The van der Waals surface area contributed by atoms with Crippen molar-refractivity contribution < 1.29 is 4.55 Å². The molecular formula is C22H28N2OS. The van der Waals surface area contributed by atoms with Crippen molar-refractivity contribution >= 4 is 16.9 Å². The highest BCUT2D eigenvalue weighted by molar-refractivity contribution is 7.92. The maximum Gasteiger partial charge on any atom is 0.183 e. The molecule has 2 aromatic rings. The molecule has 1 unspecified atom stereocenters. The Hall–Kier alpha value is -1.49. The zero-order chi connectivity index (χ0) is 17.9. The van der Waals surface area contributed by atoms with Gasteiger partial charge in [-0.1, -0.05) is 36.4 Å². The van der Waals surface area contributed by atoms with Crippen LogP contribution in [-0.4, -0.2) is 42.0 Å². The van der Waals surface area contributed by atoms with E-state index in [0.717, 1.165) is 29.5 Å². The van der Waals surface area contributed by atoms with E-state index < -0.39 is 11.2 Å². The molecule has 0 saturated carbocycles. The molecule has 0 aromatic heterocycles. The summed E-state index contributed by atoms with van der Waals surface area (Å²) in [5.41, 5.74) is 3.93. The minimum absolute atomic E-state index is 0.633. The second kappa shape index (κ2) is 8.03. The van der Waals surface area contributed by atoms with Gasteiger partial charge in [-0.25, -0.2) is 0 Å². The fourth-order valence-corrected chi connectivity index (χ4v) is 5.55. The van der Waals surface area contributed by atoms with Crippen molar-refractivity contribution in [1.29, 1.82) is 0 Å². The maximum atomic E-state index is 12.2. The average molecular weight is 369 g/mol. The molecule has 0 amide bonds. The van der Waals surface area contributed by atoms with Gasteiger partial charge in [0.2, 0.25) is 0 Å². The molecule has 3 nitrogen and oxygen atoms in total. The summed E-state index contributed by atoms with van der Waals surface area (Å²) in [5.74, 6) is 1.46. The monoisotopic (exact) mass is 368 g/mol. The summed E-state index contributed by atoms with van der Waals surface area (Å²) in [4.78, 5) is 5.71. The van der Waals surface area contributed by atoms with Crippen LogP contribution in [0.15, 0.2) is 53.4 Å².